The first-order valence-electron chi connectivity index (χ1n) is 5.70. The number of methoxy groups -OCH3 is 1. The van der Waals surface area contributed by atoms with Gasteiger partial charge >= 0.3 is 0 Å². The van der Waals surface area contributed by atoms with Crippen LogP contribution in [0.1, 0.15) is 27.7 Å². The van der Waals surface area contributed by atoms with Crippen LogP contribution >= 0.6 is 0 Å². The van der Waals surface area contributed by atoms with Crippen molar-refractivity contribution in [3.8, 4) is 0 Å². The third-order valence-electron chi connectivity index (χ3n) is 3.24. The van der Waals surface area contributed by atoms with Crippen molar-refractivity contribution in [2.24, 2.45) is 5.41 Å². The molecule has 0 rings (SSSR count). The lowest BCUT2D eigenvalue weighted by atomic mass is 9.86. The van der Waals surface area contributed by atoms with E-state index in [1.807, 2.05) is 7.05 Å². The van der Waals surface area contributed by atoms with Crippen LogP contribution < -0.4 is 5.32 Å². The van der Waals surface area contributed by atoms with Crippen molar-refractivity contribution in [1.82, 2.24) is 10.2 Å². The molecule has 0 saturated heterocycles. The summed E-state index contributed by atoms with van der Waals surface area (Å²) in [5.74, 6) is 0. The predicted molar refractivity (Wildman–Crippen MR) is 66.3 cm³/mol. The molecule has 0 aliphatic heterocycles. The van der Waals surface area contributed by atoms with E-state index in [0.717, 1.165) is 13.2 Å². The van der Waals surface area contributed by atoms with Crippen LogP contribution in [0.4, 0.5) is 0 Å². The van der Waals surface area contributed by atoms with Crippen molar-refractivity contribution in [3.63, 3.8) is 0 Å². The Labute approximate surface area is 95.2 Å². The molecule has 0 fully saturated rings. The van der Waals surface area contributed by atoms with Gasteiger partial charge in [0.15, 0.2) is 0 Å². The average Bonchev–Trinajstić information content (AvgIpc) is 2.14. The van der Waals surface area contributed by atoms with E-state index in [0.29, 0.717) is 17.5 Å². The molecule has 0 aromatic heterocycles. The maximum absolute atomic E-state index is 5.26. The maximum Gasteiger partial charge on any atom is 0.0630 e. The Bertz CT molecular complexity index is 159. The monoisotopic (exact) mass is 216 g/mol. The summed E-state index contributed by atoms with van der Waals surface area (Å²) >= 11 is 0. The van der Waals surface area contributed by atoms with Crippen LogP contribution in [0.2, 0.25) is 0 Å². The summed E-state index contributed by atoms with van der Waals surface area (Å²) in [6, 6.07) is 0.972. The molecule has 0 amide bonds. The minimum Gasteiger partial charge on any atom is -0.383 e. The van der Waals surface area contributed by atoms with Gasteiger partial charge in [-0.2, -0.15) is 0 Å². The van der Waals surface area contributed by atoms with Gasteiger partial charge in [-0.05, 0) is 26.4 Å². The van der Waals surface area contributed by atoms with Crippen molar-refractivity contribution in [2.45, 2.75) is 39.8 Å². The number of nitrogens with one attached hydrogen (secondary N) is 1. The number of rotatable bonds is 6. The Morgan fingerprint density at radius 3 is 2.20 bits per heavy atom. The molecule has 3 heteroatoms. The fraction of sp³-hybridized carbons (Fsp3) is 1.00. The van der Waals surface area contributed by atoms with E-state index >= 15 is 0 Å². The zero-order valence-electron chi connectivity index (χ0n) is 11.4. The van der Waals surface area contributed by atoms with Gasteiger partial charge in [0.1, 0.15) is 0 Å². The van der Waals surface area contributed by atoms with Gasteiger partial charge in [0.25, 0.3) is 0 Å². The molecule has 15 heavy (non-hydrogen) atoms. The third-order valence-corrected chi connectivity index (χ3v) is 3.24. The molecule has 0 aliphatic rings. The molecule has 0 aromatic rings. The lowest BCUT2D eigenvalue weighted by Crippen LogP contribution is -2.50. The third kappa shape index (κ3) is 4.96. The molecule has 0 heterocycles. The molecule has 0 aliphatic carbocycles. The Morgan fingerprint density at radius 1 is 1.33 bits per heavy atom. The summed E-state index contributed by atoms with van der Waals surface area (Å²) in [6.07, 6.45) is 0. The molecule has 2 atom stereocenters. The highest BCUT2D eigenvalue weighted by molar-refractivity contribution is 4.82. The lowest BCUT2D eigenvalue weighted by molar-refractivity contribution is 0.0476. The summed E-state index contributed by atoms with van der Waals surface area (Å²) in [4.78, 5) is 2.40. The van der Waals surface area contributed by atoms with E-state index in [2.05, 4.69) is 45.0 Å². The molecule has 92 valence electrons. The van der Waals surface area contributed by atoms with Crippen LogP contribution in [0.3, 0.4) is 0 Å². The molecule has 0 bridgehead atoms. The van der Waals surface area contributed by atoms with Gasteiger partial charge in [0.2, 0.25) is 0 Å². The molecule has 2 unspecified atom stereocenters. The van der Waals surface area contributed by atoms with Crippen LogP contribution in [0.15, 0.2) is 0 Å². The number of likely N-dealkylation sites (N-methyl/N-ethyl adjacent to an activating group) is 2. The minimum absolute atomic E-state index is 0.300. The van der Waals surface area contributed by atoms with Gasteiger partial charge in [-0.1, -0.05) is 20.8 Å². The molecule has 0 aromatic carbocycles. The first kappa shape index (κ1) is 14.9. The van der Waals surface area contributed by atoms with Crippen LogP contribution in [0.5, 0.6) is 0 Å². The van der Waals surface area contributed by atoms with Crippen LogP contribution in [-0.2, 0) is 4.74 Å². The second-order valence-corrected chi connectivity index (χ2v) is 5.37. The zero-order valence-corrected chi connectivity index (χ0v) is 11.4. The molecule has 0 saturated carbocycles. The Hall–Kier alpha value is -0.120. The standard InChI is InChI=1S/C12H28N2O/c1-10(12(2,3)4)14(6)11(8-13-5)9-15-7/h10-11,13H,8-9H2,1-7H3. The smallest absolute Gasteiger partial charge is 0.0630 e. The minimum atomic E-state index is 0.300. The second kappa shape index (κ2) is 6.46. The van der Waals surface area contributed by atoms with E-state index in [9.17, 15) is 0 Å². The molecular formula is C12H28N2O. The van der Waals surface area contributed by atoms with Gasteiger partial charge < -0.3 is 10.1 Å². The van der Waals surface area contributed by atoms with E-state index in [1.165, 1.54) is 0 Å². The van der Waals surface area contributed by atoms with E-state index in [4.69, 9.17) is 4.74 Å². The SMILES string of the molecule is CNCC(COC)N(C)C(C)C(C)(C)C. The molecule has 0 spiro atoms. The number of hydrogen-bond acceptors (Lipinski definition) is 3. The average molecular weight is 216 g/mol. The highest BCUT2D eigenvalue weighted by Gasteiger charge is 2.28. The summed E-state index contributed by atoms with van der Waals surface area (Å²) in [6.45, 7) is 10.8. The summed E-state index contributed by atoms with van der Waals surface area (Å²) in [5.41, 5.74) is 0.300. The predicted octanol–water partition coefficient (Wildman–Crippen LogP) is 1.59. The van der Waals surface area contributed by atoms with Crippen molar-refractivity contribution < 1.29 is 4.74 Å². The molecule has 0 radical (unpaired) electrons. The van der Waals surface area contributed by atoms with E-state index in [1.54, 1.807) is 7.11 Å². The van der Waals surface area contributed by atoms with Gasteiger partial charge in [0.05, 0.1) is 6.61 Å². The first-order valence-corrected chi connectivity index (χ1v) is 5.70. The summed E-state index contributed by atoms with van der Waals surface area (Å²) < 4.78 is 5.26. The second-order valence-electron chi connectivity index (χ2n) is 5.37. The highest BCUT2D eigenvalue weighted by atomic mass is 16.5. The topological polar surface area (TPSA) is 24.5 Å². The number of hydrogen-bond donors (Lipinski definition) is 1. The Kier molecular flexibility index (Phi) is 6.41. The van der Waals surface area contributed by atoms with Gasteiger partial charge in [-0.15, -0.1) is 0 Å². The quantitative estimate of drug-likeness (QED) is 0.730. The van der Waals surface area contributed by atoms with Crippen LogP contribution in [0, 0.1) is 5.41 Å². The van der Waals surface area contributed by atoms with E-state index < -0.39 is 0 Å². The summed E-state index contributed by atoms with van der Waals surface area (Å²) in [5, 5.41) is 3.22. The summed E-state index contributed by atoms with van der Waals surface area (Å²) in [7, 11) is 5.92. The van der Waals surface area contributed by atoms with Crippen molar-refractivity contribution >= 4 is 0 Å². The van der Waals surface area contributed by atoms with Crippen molar-refractivity contribution in [3.05, 3.63) is 0 Å². The fourth-order valence-corrected chi connectivity index (χ4v) is 1.68. The lowest BCUT2D eigenvalue weighted by Gasteiger charge is -2.40. The van der Waals surface area contributed by atoms with Crippen LogP contribution in [0.25, 0.3) is 0 Å². The van der Waals surface area contributed by atoms with Crippen molar-refractivity contribution in [2.75, 3.05) is 34.4 Å². The van der Waals surface area contributed by atoms with Crippen molar-refractivity contribution in [1.29, 1.82) is 0 Å². The van der Waals surface area contributed by atoms with Crippen LogP contribution in [-0.4, -0.2) is 51.3 Å². The fourth-order valence-electron chi connectivity index (χ4n) is 1.68. The van der Waals surface area contributed by atoms with Gasteiger partial charge in [-0.25, -0.2) is 0 Å². The van der Waals surface area contributed by atoms with Gasteiger partial charge in [0, 0.05) is 25.7 Å². The Balaban J connectivity index is 4.40. The highest BCUT2D eigenvalue weighted by Crippen LogP contribution is 2.24. The number of ether oxygens (including phenoxy) is 1. The largest absolute Gasteiger partial charge is 0.383 e. The zero-order chi connectivity index (χ0) is 12.1. The molecule has 1 N–H and O–H groups in total. The maximum atomic E-state index is 5.26. The first-order chi connectivity index (χ1) is 6.84. The molecule has 3 nitrogen and oxygen atoms in total. The number of nitrogens with zero attached hydrogens (tertiary/aromatic N) is 1. The Morgan fingerprint density at radius 2 is 1.87 bits per heavy atom. The normalized spacial score (nSPS) is 16.8. The molecular weight excluding hydrogens is 188 g/mol. The van der Waals surface area contributed by atoms with E-state index in [-0.39, 0.29) is 0 Å². The van der Waals surface area contributed by atoms with Gasteiger partial charge in [-0.3, -0.25) is 4.90 Å².